The molecule has 1 aromatic carbocycles. The number of carbonyl (C=O) groups excluding carboxylic acids is 1. The van der Waals surface area contributed by atoms with Crippen molar-refractivity contribution in [3.63, 3.8) is 0 Å². The molecule has 148 valence electrons. The molecule has 0 heterocycles. The molecule has 0 aliphatic heterocycles. The third-order valence-corrected chi connectivity index (χ3v) is 8.27. The Morgan fingerprint density at radius 2 is 0.963 bits per heavy atom. The first-order valence-electron chi connectivity index (χ1n) is 11.9. The molecule has 3 saturated carbocycles. The molecule has 0 saturated heterocycles. The second-order valence-electron chi connectivity index (χ2n) is 9.63. The molecule has 1 aromatic rings. The van der Waals surface area contributed by atoms with Crippen molar-refractivity contribution in [3.8, 4) is 0 Å². The molecule has 0 spiro atoms. The largest absolute Gasteiger partial charge is 0.294 e. The third-order valence-electron chi connectivity index (χ3n) is 8.27. The van der Waals surface area contributed by atoms with E-state index in [-0.39, 0.29) is 5.41 Å². The minimum atomic E-state index is -0.0669. The predicted octanol–water partition coefficient (Wildman–Crippen LogP) is 7.60. The molecule has 3 fully saturated rings. The molecule has 27 heavy (non-hydrogen) atoms. The van der Waals surface area contributed by atoms with Crippen molar-refractivity contribution in [2.45, 2.75) is 96.3 Å². The van der Waals surface area contributed by atoms with Crippen LogP contribution in [0.4, 0.5) is 0 Å². The molecular weight excluding hydrogens is 328 g/mol. The predicted molar refractivity (Wildman–Crippen MR) is 113 cm³/mol. The van der Waals surface area contributed by atoms with Gasteiger partial charge in [0.2, 0.25) is 0 Å². The topological polar surface area (TPSA) is 17.1 Å². The average molecular weight is 367 g/mol. The highest BCUT2D eigenvalue weighted by atomic mass is 16.1. The summed E-state index contributed by atoms with van der Waals surface area (Å²) in [6.07, 6.45) is 20.0. The second-order valence-corrected chi connectivity index (χ2v) is 9.63. The molecule has 1 heteroatoms. The van der Waals surface area contributed by atoms with E-state index in [9.17, 15) is 4.79 Å². The molecule has 0 aromatic heterocycles. The quantitative estimate of drug-likeness (QED) is 0.490. The van der Waals surface area contributed by atoms with Crippen molar-refractivity contribution in [1.29, 1.82) is 0 Å². The number of hydrogen-bond acceptors (Lipinski definition) is 1. The zero-order valence-electron chi connectivity index (χ0n) is 17.1. The molecule has 0 radical (unpaired) electrons. The Morgan fingerprint density at radius 1 is 0.593 bits per heavy atom. The van der Waals surface area contributed by atoms with Crippen LogP contribution in [-0.4, -0.2) is 5.78 Å². The van der Waals surface area contributed by atoms with E-state index in [1.807, 2.05) is 0 Å². The van der Waals surface area contributed by atoms with Crippen LogP contribution in [0, 0.1) is 23.2 Å². The van der Waals surface area contributed by atoms with E-state index in [1.54, 1.807) is 0 Å². The van der Waals surface area contributed by atoms with Gasteiger partial charge in [0.25, 0.3) is 0 Å². The van der Waals surface area contributed by atoms with Crippen LogP contribution in [0.1, 0.15) is 107 Å². The van der Waals surface area contributed by atoms with E-state index in [0.717, 1.165) is 5.56 Å². The van der Waals surface area contributed by atoms with E-state index in [2.05, 4.69) is 30.3 Å². The van der Waals surface area contributed by atoms with Gasteiger partial charge in [-0.1, -0.05) is 88.1 Å². The molecule has 3 aliphatic rings. The fourth-order valence-corrected chi connectivity index (χ4v) is 7.14. The van der Waals surface area contributed by atoms with Gasteiger partial charge in [-0.25, -0.2) is 0 Å². The lowest BCUT2D eigenvalue weighted by Gasteiger charge is -2.53. The summed E-state index contributed by atoms with van der Waals surface area (Å²) in [5.41, 5.74) is 0.932. The van der Waals surface area contributed by atoms with Crippen molar-refractivity contribution < 1.29 is 4.79 Å². The van der Waals surface area contributed by atoms with Gasteiger partial charge in [0.1, 0.15) is 0 Å². The SMILES string of the molecule is O=C(c1ccccc1)C(C1CCCCC1)(C1CCCCC1)C1CCCCC1. The number of rotatable bonds is 5. The standard InChI is InChI=1S/C26H38O/c27-25(21-13-5-1-6-14-21)26(22-15-7-2-8-16-22,23-17-9-3-10-18-23)24-19-11-4-12-20-24/h1,5-6,13-14,22-24H,2-4,7-12,15-20H2. The summed E-state index contributed by atoms with van der Waals surface area (Å²) >= 11 is 0. The first-order valence-corrected chi connectivity index (χ1v) is 11.9. The Hall–Kier alpha value is -1.11. The van der Waals surface area contributed by atoms with Crippen molar-refractivity contribution in [2.24, 2.45) is 23.2 Å². The van der Waals surface area contributed by atoms with Gasteiger partial charge in [0.15, 0.2) is 5.78 Å². The molecule has 0 amide bonds. The number of benzene rings is 1. The maximum atomic E-state index is 14.4. The molecule has 3 aliphatic carbocycles. The third kappa shape index (κ3) is 3.76. The van der Waals surface area contributed by atoms with Gasteiger partial charge in [-0.05, 0) is 56.3 Å². The van der Waals surface area contributed by atoms with E-state index < -0.39 is 0 Å². The van der Waals surface area contributed by atoms with Crippen molar-refractivity contribution in [3.05, 3.63) is 35.9 Å². The van der Waals surface area contributed by atoms with E-state index >= 15 is 0 Å². The van der Waals surface area contributed by atoms with Gasteiger partial charge < -0.3 is 0 Å². The Morgan fingerprint density at radius 3 is 1.33 bits per heavy atom. The van der Waals surface area contributed by atoms with E-state index in [0.29, 0.717) is 23.5 Å². The minimum absolute atomic E-state index is 0.0669. The maximum absolute atomic E-state index is 14.4. The Kier molecular flexibility index (Phi) is 6.35. The second kappa shape index (κ2) is 8.93. The van der Waals surface area contributed by atoms with Crippen molar-refractivity contribution in [2.75, 3.05) is 0 Å². The Balaban J connectivity index is 1.79. The summed E-state index contributed by atoms with van der Waals surface area (Å²) < 4.78 is 0. The smallest absolute Gasteiger partial charge is 0.169 e. The minimum Gasteiger partial charge on any atom is -0.294 e. The lowest BCUT2D eigenvalue weighted by atomic mass is 9.49. The van der Waals surface area contributed by atoms with Gasteiger partial charge in [0, 0.05) is 11.0 Å². The fraction of sp³-hybridized carbons (Fsp3) is 0.731. The molecule has 1 nitrogen and oxygen atoms in total. The average Bonchev–Trinajstić information content (AvgIpc) is 2.77. The zero-order chi connectivity index (χ0) is 18.5. The van der Waals surface area contributed by atoms with Crippen LogP contribution in [0.3, 0.4) is 0 Å². The summed E-state index contributed by atoms with van der Waals surface area (Å²) in [6.45, 7) is 0. The summed E-state index contributed by atoms with van der Waals surface area (Å²) in [6, 6.07) is 10.4. The van der Waals surface area contributed by atoms with Crippen LogP contribution in [0.25, 0.3) is 0 Å². The Bertz CT molecular complexity index is 540. The Labute approximate surface area is 166 Å². The highest BCUT2D eigenvalue weighted by molar-refractivity contribution is 6.01. The van der Waals surface area contributed by atoms with Crippen LogP contribution in [0.2, 0.25) is 0 Å². The number of Topliss-reactive ketones (excluding diaryl/α,β-unsaturated/α-hetero) is 1. The fourth-order valence-electron chi connectivity index (χ4n) is 7.14. The van der Waals surface area contributed by atoms with Crippen LogP contribution >= 0.6 is 0 Å². The normalized spacial score (nSPS) is 24.0. The highest BCUT2D eigenvalue weighted by Crippen LogP contribution is 2.58. The van der Waals surface area contributed by atoms with Gasteiger partial charge in [0.05, 0.1) is 0 Å². The van der Waals surface area contributed by atoms with Crippen LogP contribution in [0.5, 0.6) is 0 Å². The van der Waals surface area contributed by atoms with E-state index in [1.165, 1.54) is 96.3 Å². The van der Waals surface area contributed by atoms with Gasteiger partial charge in [-0.3, -0.25) is 4.79 Å². The molecule has 0 unspecified atom stereocenters. The maximum Gasteiger partial charge on any atom is 0.169 e. The molecular formula is C26H38O. The van der Waals surface area contributed by atoms with Crippen molar-refractivity contribution >= 4 is 5.78 Å². The molecule has 4 rings (SSSR count). The molecule has 0 atom stereocenters. The lowest BCUT2D eigenvalue weighted by molar-refractivity contribution is -0.0252. The van der Waals surface area contributed by atoms with E-state index in [4.69, 9.17) is 0 Å². The lowest BCUT2D eigenvalue weighted by Crippen LogP contribution is -2.52. The van der Waals surface area contributed by atoms with Crippen LogP contribution in [-0.2, 0) is 0 Å². The first-order chi connectivity index (χ1) is 13.3. The van der Waals surface area contributed by atoms with Crippen LogP contribution in [0.15, 0.2) is 30.3 Å². The van der Waals surface area contributed by atoms with Gasteiger partial charge in [-0.2, -0.15) is 0 Å². The summed E-state index contributed by atoms with van der Waals surface area (Å²) in [4.78, 5) is 14.4. The number of hydrogen-bond donors (Lipinski definition) is 0. The molecule has 0 N–H and O–H groups in total. The van der Waals surface area contributed by atoms with Crippen LogP contribution < -0.4 is 0 Å². The highest BCUT2D eigenvalue weighted by Gasteiger charge is 2.55. The van der Waals surface area contributed by atoms with Crippen molar-refractivity contribution in [1.82, 2.24) is 0 Å². The number of ketones is 1. The van der Waals surface area contributed by atoms with Gasteiger partial charge in [-0.15, -0.1) is 0 Å². The summed E-state index contributed by atoms with van der Waals surface area (Å²) in [7, 11) is 0. The van der Waals surface area contributed by atoms with Gasteiger partial charge >= 0.3 is 0 Å². The summed E-state index contributed by atoms with van der Waals surface area (Å²) in [5.74, 6) is 2.43. The first kappa shape index (κ1) is 19.2. The number of carbonyl (C=O) groups is 1. The summed E-state index contributed by atoms with van der Waals surface area (Å²) in [5, 5.41) is 0. The monoisotopic (exact) mass is 366 g/mol. The zero-order valence-corrected chi connectivity index (χ0v) is 17.1. The molecule has 0 bridgehead atoms.